The van der Waals surface area contributed by atoms with Crippen molar-refractivity contribution < 1.29 is 14.3 Å². The van der Waals surface area contributed by atoms with E-state index in [2.05, 4.69) is 0 Å². The van der Waals surface area contributed by atoms with E-state index in [0.29, 0.717) is 12.4 Å². The fourth-order valence-corrected chi connectivity index (χ4v) is 1.32. The lowest BCUT2D eigenvalue weighted by Gasteiger charge is -2.08. The average Bonchev–Trinajstić information content (AvgIpc) is 2.40. The van der Waals surface area contributed by atoms with Crippen molar-refractivity contribution in [3.63, 3.8) is 0 Å². The fourth-order valence-electron chi connectivity index (χ4n) is 0.614. The SMILES string of the molecule is CCC(=O)O[C@H]1CSCO1. The first-order chi connectivity index (χ1) is 4.83. The summed E-state index contributed by atoms with van der Waals surface area (Å²) in [4.78, 5) is 10.7. The molecule has 0 amide bonds. The number of hydrogen-bond donors (Lipinski definition) is 0. The van der Waals surface area contributed by atoms with Gasteiger partial charge in [-0.25, -0.2) is 0 Å². The second-order valence-electron chi connectivity index (χ2n) is 1.93. The van der Waals surface area contributed by atoms with Crippen LogP contribution in [-0.4, -0.2) is 24.0 Å². The zero-order valence-corrected chi connectivity index (χ0v) is 6.65. The monoisotopic (exact) mass is 162 g/mol. The lowest BCUT2D eigenvalue weighted by Crippen LogP contribution is -2.18. The molecule has 58 valence electrons. The van der Waals surface area contributed by atoms with Gasteiger partial charge in [0, 0.05) is 6.42 Å². The second-order valence-corrected chi connectivity index (χ2v) is 2.91. The molecule has 1 fully saturated rings. The van der Waals surface area contributed by atoms with Crippen molar-refractivity contribution in [2.24, 2.45) is 0 Å². The van der Waals surface area contributed by atoms with Gasteiger partial charge in [0.25, 0.3) is 0 Å². The predicted molar refractivity (Wildman–Crippen MR) is 38.6 cm³/mol. The zero-order chi connectivity index (χ0) is 7.40. The molecule has 1 aliphatic heterocycles. The molecule has 4 heteroatoms. The Kier molecular flexibility index (Phi) is 3.02. The Bertz CT molecular complexity index is 120. The van der Waals surface area contributed by atoms with E-state index in [-0.39, 0.29) is 12.3 Å². The summed E-state index contributed by atoms with van der Waals surface area (Å²) in [6.07, 6.45) is 0.127. The molecular weight excluding hydrogens is 152 g/mol. The lowest BCUT2D eigenvalue weighted by atomic mass is 10.5. The van der Waals surface area contributed by atoms with Gasteiger partial charge in [-0.3, -0.25) is 4.79 Å². The normalized spacial score (nSPS) is 24.7. The van der Waals surface area contributed by atoms with Crippen LogP contribution in [0, 0.1) is 0 Å². The first kappa shape index (κ1) is 7.88. The number of hydrogen-bond acceptors (Lipinski definition) is 4. The van der Waals surface area contributed by atoms with Crippen LogP contribution in [0.2, 0.25) is 0 Å². The molecule has 1 aliphatic rings. The van der Waals surface area contributed by atoms with E-state index < -0.39 is 0 Å². The molecule has 0 aliphatic carbocycles. The van der Waals surface area contributed by atoms with Crippen LogP contribution < -0.4 is 0 Å². The summed E-state index contributed by atoms with van der Waals surface area (Å²) >= 11 is 1.64. The number of thioether (sulfide) groups is 1. The van der Waals surface area contributed by atoms with Gasteiger partial charge in [0.05, 0.1) is 11.7 Å². The van der Waals surface area contributed by atoms with Gasteiger partial charge in [-0.15, -0.1) is 11.8 Å². The van der Waals surface area contributed by atoms with E-state index in [1.807, 2.05) is 0 Å². The van der Waals surface area contributed by atoms with Crippen molar-refractivity contribution >= 4 is 17.7 Å². The van der Waals surface area contributed by atoms with Gasteiger partial charge in [-0.1, -0.05) is 6.92 Å². The molecule has 0 spiro atoms. The van der Waals surface area contributed by atoms with Crippen LogP contribution in [0.3, 0.4) is 0 Å². The highest BCUT2D eigenvalue weighted by molar-refractivity contribution is 7.99. The number of rotatable bonds is 2. The largest absolute Gasteiger partial charge is 0.435 e. The molecule has 0 aromatic rings. The minimum absolute atomic E-state index is 0.187. The third-order valence-corrected chi connectivity index (χ3v) is 1.95. The highest BCUT2D eigenvalue weighted by atomic mass is 32.2. The molecule has 0 bridgehead atoms. The summed E-state index contributed by atoms with van der Waals surface area (Å²) in [5, 5.41) is 0. The fraction of sp³-hybridized carbons (Fsp3) is 0.833. The minimum Gasteiger partial charge on any atom is -0.435 e. The molecule has 1 saturated heterocycles. The quantitative estimate of drug-likeness (QED) is 0.567. The second kappa shape index (κ2) is 3.83. The maximum Gasteiger partial charge on any atom is 0.307 e. The molecule has 1 atom stereocenters. The third-order valence-electron chi connectivity index (χ3n) is 1.14. The van der Waals surface area contributed by atoms with Gasteiger partial charge in [0.1, 0.15) is 0 Å². The predicted octanol–water partition coefficient (Wildman–Crippen LogP) is 0.987. The third kappa shape index (κ3) is 2.19. The zero-order valence-electron chi connectivity index (χ0n) is 5.83. The molecule has 10 heavy (non-hydrogen) atoms. The van der Waals surface area contributed by atoms with E-state index in [1.165, 1.54) is 0 Å². The maximum absolute atomic E-state index is 10.7. The minimum atomic E-state index is -0.294. The molecule has 0 N–H and O–H groups in total. The molecule has 0 saturated carbocycles. The van der Waals surface area contributed by atoms with E-state index in [9.17, 15) is 4.79 Å². The molecule has 1 heterocycles. The number of ether oxygens (including phenoxy) is 2. The van der Waals surface area contributed by atoms with Crippen molar-refractivity contribution in [2.75, 3.05) is 11.7 Å². The Hall–Kier alpha value is -0.220. The van der Waals surface area contributed by atoms with E-state index in [4.69, 9.17) is 9.47 Å². The maximum atomic E-state index is 10.7. The smallest absolute Gasteiger partial charge is 0.307 e. The summed E-state index contributed by atoms with van der Waals surface area (Å²) in [5.41, 5.74) is 0. The number of carbonyl (C=O) groups is 1. The topological polar surface area (TPSA) is 35.5 Å². The van der Waals surface area contributed by atoms with Crippen LogP contribution in [0.4, 0.5) is 0 Å². The van der Waals surface area contributed by atoms with Crippen LogP contribution in [0.25, 0.3) is 0 Å². The molecule has 0 radical (unpaired) electrons. The summed E-state index contributed by atoms with van der Waals surface area (Å²) < 4.78 is 9.92. The van der Waals surface area contributed by atoms with Crippen molar-refractivity contribution in [3.8, 4) is 0 Å². The van der Waals surface area contributed by atoms with Crippen molar-refractivity contribution in [3.05, 3.63) is 0 Å². The van der Waals surface area contributed by atoms with E-state index >= 15 is 0 Å². The summed E-state index contributed by atoms with van der Waals surface area (Å²) in [7, 11) is 0. The molecule has 3 nitrogen and oxygen atoms in total. The Labute approximate surface area is 64.1 Å². The number of esters is 1. The Morgan fingerprint density at radius 1 is 1.90 bits per heavy atom. The van der Waals surface area contributed by atoms with Gasteiger partial charge in [-0.2, -0.15) is 0 Å². The van der Waals surface area contributed by atoms with Crippen LogP contribution in [-0.2, 0) is 14.3 Å². The van der Waals surface area contributed by atoms with E-state index in [0.717, 1.165) is 5.75 Å². The molecule has 1 rings (SSSR count). The van der Waals surface area contributed by atoms with Gasteiger partial charge in [0.2, 0.25) is 6.29 Å². The summed E-state index contributed by atoms with van der Waals surface area (Å²) in [6, 6.07) is 0. The van der Waals surface area contributed by atoms with E-state index in [1.54, 1.807) is 18.7 Å². The van der Waals surface area contributed by atoms with Crippen molar-refractivity contribution in [2.45, 2.75) is 19.6 Å². The molecule has 0 aromatic carbocycles. The van der Waals surface area contributed by atoms with Gasteiger partial charge >= 0.3 is 5.97 Å². The Balaban J connectivity index is 2.17. The van der Waals surface area contributed by atoms with Crippen LogP contribution in [0.5, 0.6) is 0 Å². The van der Waals surface area contributed by atoms with Crippen LogP contribution in [0.1, 0.15) is 13.3 Å². The standard InChI is InChI=1S/C6H10O3S/c1-2-5(7)9-6-3-10-4-8-6/h6H,2-4H2,1H3/t6-/m0/s1. The first-order valence-corrected chi connectivity index (χ1v) is 4.37. The molecule has 0 aromatic heterocycles. The van der Waals surface area contributed by atoms with Crippen molar-refractivity contribution in [1.82, 2.24) is 0 Å². The van der Waals surface area contributed by atoms with Crippen LogP contribution in [0.15, 0.2) is 0 Å². The summed E-state index contributed by atoms with van der Waals surface area (Å²) in [5.74, 6) is 1.22. The average molecular weight is 162 g/mol. The Morgan fingerprint density at radius 3 is 3.20 bits per heavy atom. The molecular formula is C6H10O3S. The highest BCUT2D eigenvalue weighted by Crippen LogP contribution is 2.17. The first-order valence-electron chi connectivity index (χ1n) is 3.21. The van der Waals surface area contributed by atoms with Crippen molar-refractivity contribution in [1.29, 1.82) is 0 Å². The van der Waals surface area contributed by atoms with Gasteiger partial charge in [-0.05, 0) is 0 Å². The molecule has 0 unspecified atom stereocenters. The highest BCUT2D eigenvalue weighted by Gasteiger charge is 2.18. The number of carbonyl (C=O) groups excluding carboxylic acids is 1. The summed E-state index contributed by atoms with van der Waals surface area (Å²) in [6.45, 7) is 1.77. The lowest BCUT2D eigenvalue weighted by molar-refractivity contribution is -0.167. The van der Waals surface area contributed by atoms with Gasteiger partial charge < -0.3 is 9.47 Å². The Morgan fingerprint density at radius 2 is 2.70 bits per heavy atom. The van der Waals surface area contributed by atoms with Gasteiger partial charge in [0.15, 0.2) is 0 Å². The van der Waals surface area contributed by atoms with Crippen LogP contribution >= 0.6 is 11.8 Å².